The molecule has 9 heteroatoms. The van der Waals surface area contributed by atoms with Crippen LogP contribution in [0.15, 0.2) is 52.9 Å². The Labute approximate surface area is 210 Å². The van der Waals surface area contributed by atoms with Gasteiger partial charge in [-0.15, -0.1) is 0 Å². The zero-order valence-electron chi connectivity index (χ0n) is 19.8. The summed E-state index contributed by atoms with van der Waals surface area (Å²) in [5, 5.41) is 5.99. The van der Waals surface area contributed by atoms with Crippen molar-refractivity contribution in [3.8, 4) is 11.3 Å². The quantitative estimate of drug-likeness (QED) is 0.492. The van der Waals surface area contributed by atoms with Crippen LogP contribution in [0.1, 0.15) is 39.7 Å². The summed E-state index contributed by atoms with van der Waals surface area (Å²) >= 11 is 8.23. The first-order chi connectivity index (χ1) is 16.4. The molecule has 2 aromatic heterocycles. The van der Waals surface area contributed by atoms with Crippen LogP contribution in [0.5, 0.6) is 0 Å². The Bertz CT molecular complexity index is 1140. The Kier molecular flexibility index (Phi) is 6.59. The Hall–Kier alpha value is -2.13. The number of hydrogen-bond acceptors (Lipinski definition) is 7. The zero-order valence-corrected chi connectivity index (χ0v) is 21.4. The van der Waals surface area contributed by atoms with E-state index in [1.165, 1.54) is 11.8 Å². The van der Waals surface area contributed by atoms with Gasteiger partial charge < -0.3 is 15.4 Å². The number of anilines is 1. The van der Waals surface area contributed by atoms with Gasteiger partial charge in [-0.25, -0.2) is 9.97 Å². The summed E-state index contributed by atoms with van der Waals surface area (Å²) in [6, 6.07) is 8.39. The number of benzene rings is 1. The molecule has 0 radical (unpaired) electrons. The van der Waals surface area contributed by atoms with Crippen molar-refractivity contribution in [2.45, 2.75) is 61.9 Å². The standard InChI is InChI=1S/C25H31ClN6OS/c1-16(2)32-10-7-20(30-32)19-5-4-6-21(22(19)26)34-24-28-13-18(14-29-24)31-11-8-25(9-12-31)15-33-17(3)23(25)27/h4-7,10,13-14,16-17,23H,8-9,11-12,15,27H2,1-3H3/t17-,23+/m0/s1. The van der Waals surface area contributed by atoms with Crippen LogP contribution in [0.25, 0.3) is 11.3 Å². The fourth-order valence-electron chi connectivity index (χ4n) is 4.86. The molecule has 2 N–H and O–H groups in total. The molecule has 2 saturated heterocycles. The largest absolute Gasteiger partial charge is 0.376 e. The summed E-state index contributed by atoms with van der Waals surface area (Å²) < 4.78 is 7.78. The van der Waals surface area contributed by atoms with E-state index < -0.39 is 0 Å². The highest BCUT2D eigenvalue weighted by molar-refractivity contribution is 7.99. The molecular weight excluding hydrogens is 468 g/mol. The van der Waals surface area contributed by atoms with Gasteiger partial charge in [0.05, 0.1) is 41.5 Å². The molecule has 0 bridgehead atoms. The van der Waals surface area contributed by atoms with Gasteiger partial charge in [-0.05, 0) is 57.5 Å². The summed E-state index contributed by atoms with van der Waals surface area (Å²) in [7, 11) is 0. The molecule has 34 heavy (non-hydrogen) atoms. The van der Waals surface area contributed by atoms with Crippen molar-refractivity contribution >= 4 is 29.1 Å². The lowest BCUT2D eigenvalue weighted by Gasteiger charge is -2.41. The molecule has 0 unspecified atom stereocenters. The number of piperidine rings is 1. The van der Waals surface area contributed by atoms with Crippen molar-refractivity contribution in [3.05, 3.63) is 47.9 Å². The summed E-state index contributed by atoms with van der Waals surface area (Å²) in [5.74, 6) is 0. The average molecular weight is 499 g/mol. The maximum absolute atomic E-state index is 6.76. The molecule has 1 aromatic carbocycles. The minimum atomic E-state index is 0.110. The molecule has 4 heterocycles. The van der Waals surface area contributed by atoms with Gasteiger partial charge in [0.1, 0.15) is 0 Å². The molecule has 180 valence electrons. The van der Waals surface area contributed by atoms with E-state index in [9.17, 15) is 0 Å². The predicted octanol–water partition coefficient (Wildman–Crippen LogP) is 5.06. The van der Waals surface area contributed by atoms with Crippen molar-refractivity contribution in [1.82, 2.24) is 19.7 Å². The van der Waals surface area contributed by atoms with Crippen molar-refractivity contribution in [3.63, 3.8) is 0 Å². The number of ether oxygens (including phenoxy) is 1. The topological polar surface area (TPSA) is 82.1 Å². The van der Waals surface area contributed by atoms with Crippen LogP contribution >= 0.6 is 23.4 Å². The SMILES string of the molecule is CC(C)n1ccc(-c2cccc(Sc3ncc(N4CCC5(CC4)CO[C@@H](C)[C@H]5N)cn3)c2Cl)n1. The molecule has 7 nitrogen and oxygen atoms in total. The van der Waals surface area contributed by atoms with Gasteiger partial charge in [0.25, 0.3) is 0 Å². The van der Waals surface area contributed by atoms with E-state index in [-0.39, 0.29) is 17.6 Å². The lowest BCUT2D eigenvalue weighted by atomic mass is 9.73. The predicted molar refractivity (Wildman–Crippen MR) is 136 cm³/mol. The number of hydrogen-bond donors (Lipinski definition) is 1. The summed E-state index contributed by atoms with van der Waals surface area (Å²) in [5.41, 5.74) is 9.38. The molecule has 0 amide bonds. The van der Waals surface area contributed by atoms with E-state index in [4.69, 9.17) is 22.1 Å². The van der Waals surface area contributed by atoms with Gasteiger partial charge in [0.15, 0.2) is 5.16 Å². The average Bonchev–Trinajstić information content (AvgIpc) is 3.44. The van der Waals surface area contributed by atoms with Crippen molar-refractivity contribution < 1.29 is 4.74 Å². The third-order valence-corrected chi connectivity index (χ3v) is 8.64. The van der Waals surface area contributed by atoms with E-state index >= 15 is 0 Å². The number of halogens is 1. The summed E-state index contributed by atoms with van der Waals surface area (Å²) in [4.78, 5) is 12.5. The molecule has 2 aliphatic heterocycles. The minimum Gasteiger partial charge on any atom is -0.376 e. The first-order valence-electron chi connectivity index (χ1n) is 11.8. The third-order valence-electron chi connectivity index (χ3n) is 7.16. The van der Waals surface area contributed by atoms with Gasteiger partial charge in [0, 0.05) is 47.2 Å². The number of aromatic nitrogens is 4. The molecule has 0 saturated carbocycles. The van der Waals surface area contributed by atoms with Crippen molar-refractivity contribution in [1.29, 1.82) is 0 Å². The molecule has 2 aliphatic rings. The number of nitrogens with zero attached hydrogens (tertiary/aromatic N) is 5. The van der Waals surface area contributed by atoms with Gasteiger partial charge in [-0.2, -0.15) is 5.10 Å². The van der Waals surface area contributed by atoms with Gasteiger partial charge in [0.2, 0.25) is 0 Å². The van der Waals surface area contributed by atoms with Gasteiger partial charge >= 0.3 is 0 Å². The van der Waals surface area contributed by atoms with Crippen LogP contribution < -0.4 is 10.6 Å². The van der Waals surface area contributed by atoms with Crippen LogP contribution in [0.2, 0.25) is 5.02 Å². The van der Waals surface area contributed by atoms with Crippen molar-refractivity contribution in [2.75, 3.05) is 24.6 Å². The molecular formula is C25H31ClN6OS. The number of nitrogens with two attached hydrogens (primary N) is 1. The Morgan fingerprint density at radius 2 is 1.91 bits per heavy atom. The van der Waals surface area contributed by atoms with E-state index in [0.717, 1.165) is 54.4 Å². The van der Waals surface area contributed by atoms with Crippen LogP contribution in [0.4, 0.5) is 5.69 Å². The second-order valence-corrected chi connectivity index (χ2v) is 11.0. The molecule has 3 aromatic rings. The molecule has 1 spiro atoms. The second kappa shape index (κ2) is 9.49. The molecule has 5 rings (SSSR count). The highest BCUT2D eigenvalue weighted by Gasteiger charge is 2.47. The maximum atomic E-state index is 6.76. The summed E-state index contributed by atoms with van der Waals surface area (Å²) in [6.07, 6.45) is 8.00. The summed E-state index contributed by atoms with van der Waals surface area (Å²) in [6.45, 7) is 8.94. The zero-order chi connectivity index (χ0) is 23.9. The molecule has 0 aliphatic carbocycles. The highest BCUT2D eigenvalue weighted by Crippen LogP contribution is 2.42. The van der Waals surface area contributed by atoms with E-state index in [2.05, 4.69) is 40.7 Å². The Balaban J connectivity index is 1.26. The Morgan fingerprint density at radius 1 is 1.18 bits per heavy atom. The molecule has 2 fully saturated rings. The van der Waals surface area contributed by atoms with Crippen LogP contribution in [-0.4, -0.2) is 51.6 Å². The highest BCUT2D eigenvalue weighted by atomic mass is 35.5. The lowest BCUT2D eigenvalue weighted by Crippen LogP contribution is -2.50. The fraction of sp³-hybridized carbons (Fsp3) is 0.480. The Morgan fingerprint density at radius 3 is 2.53 bits per heavy atom. The molecule has 2 atom stereocenters. The monoisotopic (exact) mass is 498 g/mol. The number of rotatable bonds is 5. The van der Waals surface area contributed by atoms with Crippen molar-refractivity contribution in [2.24, 2.45) is 11.1 Å². The van der Waals surface area contributed by atoms with Gasteiger partial charge in [-0.3, -0.25) is 4.68 Å². The van der Waals surface area contributed by atoms with E-state index in [1.807, 2.05) is 47.5 Å². The van der Waals surface area contributed by atoms with Crippen LogP contribution in [0.3, 0.4) is 0 Å². The first-order valence-corrected chi connectivity index (χ1v) is 13.0. The lowest BCUT2D eigenvalue weighted by molar-refractivity contribution is 0.0974. The van der Waals surface area contributed by atoms with Crippen LogP contribution in [0, 0.1) is 5.41 Å². The van der Waals surface area contributed by atoms with Gasteiger partial charge in [-0.1, -0.05) is 23.7 Å². The third kappa shape index (κ3) is 4.44. The normalized spacial score (nSPS) is 22.1. The van der Waals surface area contributed by atoms with Crippen LogP contribution in [-0.2, 0) is 4.74 Å². The minimum absolute atomic E-state index is 0.110. The first kappa shape index (κ1) is 23.6. The maximum Gasteiger partial charge on any atom is 0.192 e. The van der Waals surface area contributed by atoms with E-state index in [0.29, 0.717) is 16.2 Å². The fourth-order valence-corrected chi connectivity index (χ4v) is 5.96. The second-order valence-electron chi connectivity index (χ2n) is 9.61. The van der Waals surface area contributed by atoms with E-state index in [1.54, 1.807) is 0 Å². The smallest absolute Gasteiger partial charge is 0.192 e.